The van der Waals surface area contributed by atoms with Crippen molar-refractivity contribution in [1.29, 1.82) is 0 Å². The molecule has 0 radical (unpaired) electrons. The molecule has 15 heteroatoms. The summed E-state index contributed by atoms with van der Waals surface area (Å²) in [4.78, 5) is 30.3. The Hall–Kier alpha value is 1.05. The van der Waals surface area contributed by atoms with Crippen LogP contribution >= 0.6 is 0 Å². The number of carboxylic acid groups (broad SMARTS) is 3. The van der Waals surface area contributed by atoms with Gasteiger partial charge in [0, 0.05) is 22.8 Å². The van der Waals surface area contributed by atoms with E-state index in [-0.39, 0.29) is 87.9 Å². The third-order valence-electron chi connectivity index (χ3n) is 1.28. The van der Waals surface area contributed by atoms with Crippen LogP contribution in [-0.4, -0.2) is 132 Å². The van der Waals surface area contributed by atoms with Gasteiger partial charge in [-0.05, 0) is 0 Å². The average Bonchev–Trinajstić information content (AvgIpc) is 1.95. The van der Waals surface area contributed by atoms with Crippen LogP contribution in [0.5, 0.6) is 0 Å². The molecule has 0 spiro atoms. The standard InChI is InChI=1S/C6H8O7.2Ca.ClH.H2O4S/c7-3(8)1-6(13,5(11)12)2-4(9)10;;;;1-5(2,3)4/h13H,1-2H2,(H,7,8)(H,9,10)(H,11,12);;;1H;(H2,1,2,3,4)/q;2*+2;;/p-4. The molecular weight excluding hydrogens is 396 g/mol. The molecule has 0 aromatic rings. The van der Waals surface area contributed by atoms with Crippen LogP contribution in [0.3, 0.4) is 0 Å². The first kappa shape index (κ1) is 33.6. The number of hydrogen-bond donors (Lipinski definition) is 3. The van der Waals surface area contributed by atoms with Gasteiger partial charge in [0.2, 0.25) is 0 Å². The predicted octanol–water partition coefficient (Wildman–Crippen LogP) is -7.68. The van der Waals surface area contributed by atoms with Crippen LogP contribution in [0.2, 0.25) is 0 Å². The number of carbonyl (C=O) groups excluding carboxylic acids is 1. The molecule has 0 fully saturated rings. The van der Waals surface area contributed by atoms with Crippen LogP contribution in [0.1, 0.15) is 12.8 Å². The second kappa shape index (κ2) is 14.6. The molecule has 21 heavy (non-hydrogen) atoms. The maximum atomic E-state index is 10.3. The monoisotopic (exact) mass is 402 g/mol. The molecule has 0 amide bonds. The molecule has 0 aromatic heterocycles. The molecular formula is C6H7Ca2ClO11S. The van der Waals surface area contributed by atoms with Gasteiger partial charge in [0.15, 0.2) is 5.60 Å². The normalized spacial score (nSPS) is 11.8. The van der Waals surface area contributed by atoms with Crippen molar-refractivity contribution in [3.63, 3.8) is 0 Å². The molecule has 0 aliphatic carbocycles. The summed E-state index contributed by atoms with van der Waals surface area (Å²) in [5, 5.41) is 35.5. The van der Waals surface area contributed by atoms with Gasteiger partial charge in [-0.3, -0.25) is 13.2 Å². The Morgan fingerprint density at radius 1 is 1.00 bits per heavy atom. The van der Waals surface area contributed by atoms with Gasteiger partial charge in [-0.1, -0.05) is 0 Å². The van der Waals surface area contributed by atoms with Crippen LogP contribution < -0.4 is 17.5 Å². The Bertz CT molecular complexity index is 412. The zero-order valence-electron chi connectivity index (χ0n) is 10.2. The van der Waals surface area contributed by atoms with Crippen LogP contribution in [0.25, 0.3) is 0 Å². The maximum absolute atomic E-state index is 10.3. The molecule has 0 saturated heterocycles. The topological polar surface area (TPSA) is 215 Å². The van der Waals surface area contributed by atoms with Crippen molar-refractivity contribution in [3.05, 3.63) is 0 Å². The summed E-state index contributed by atoms with van der Waals surface area (Å²) in [6.45, 7) is 0. The number of carboxylic acids is 3. The Morgan fingerprint density at radius 3 is 1.43 bits per heavy atom. The smallest absolute Gasteiger partial charge is 1.00 e. The molecule has 0 aliphatic rings. The number of aliphatic carboxylic acids is 3. The largest absolute Gasteiger partial charge is 2.00 e. The van der Waals surface area contributed by atoms with E-state index in [9.17, 15) is 19.5 Å². The zero-order chi connectivity index (χ0) is 15.1. The molecule has 3 N–H and O–H groups in total. The summed E-state index contributed by atoms with van der Waals surface area (Å²) < 4.78 is 34.1. The molecule has 0 heterocycles. The van der Waals surface area contributed by atoms with E-state index in [1.807, 2.05) is 0 Å². The minimum absolute atomic E-state index is 0. The summed E-state index contributed by atoms with van der Waals surface area (Å²) in [7, 11) is -5.17. The maximum Gasteiger partial charge on any atom is 2.00 e. The number of halogens is 1. The molecule has 0 aromatic carbocycles. The van der Waals surface area contributed by atoms with Crippen molar-refractivity contribution >= 4 is 104 Å². The van der Waals surface area contributed by atoms with Gasteiger partial charge in [0.25, 0.3) is 0 Å². The summed E-state index contributed by atoms with van der Waals surface area (Å²) in [6, 6.07) is 0. The second-order valence-electron chi connectivity index (χ2n) is 2.86. The van der Waals surface area contributed by atoms with E-state index in [0.717, 1.165) is 0 Å². The van der Waals surface area contributed by atoms with Gasteiger partial charge in [-0.2, -0.15) is 0 Å². The Morgan fingerprint density at radius 2 is 1.29 bits per heavy atom. The van der Waals surface area contributed by atoms with Crippen LogP contribution in [0.4, 0.5) is 0 Å². The van der Waals surface area contributed by atoms with E-state index in [0.29, 0.717) is 0 Å². The van der Waals surface area contributed by atoms with Crippen molar-refractivity contribution in [2.45, 2.75) is 18.4 Å². The minimum Gasteiger partial charge on any atom is -1.00 e. The fourth-order valence-corrected chi connectivity index (χ4v) is 0.703. The number of hydrogen-bond acceptors (Lipinski definition) is 9. The first-order chi connectivity index (χ1) is 7.78. The number of aliphatic hydroxyl groups is 1. The summed E-state index contributed by atoms with van der Waals surface area (Å²) in [6.07, 6.45) is -2.44. The number of rotatable bonds is 5. The quantitative estimate of drug-likeness (QED) is 0.223. The number of carbonyl (C=O) groups is 3. The third kappa shape index (κ3) is 26.3. The molecule has 0 rings (SSSR count). The van der Waals surface area contributed by atoms with E-state index >= 15 is 0 Å². The van der Waals surface area contributed by atoms with E-state index in [2.05, 4.69) is 0 Å². The molecule has 114 valence electrons. The van der Waals surface area contributed by atoms with Crippen molar-refractivity contribution in [3.8, 4) is 0 Å². The van der Waals surface area contributed by atoms with Crippen LogP contribution in [0, 0.1) is 0 Å². The predicted molar refractivity (Wildman–Crippen MR) is 56.4 cm³/mol. The summed E-state index contributed by atoms with van der Waals surface area (Å²) in [5.41, 5.74) is -2.80. The SMILES string of the molecule is O=C([O-])CC(O)(CC(=O)O)C(=O)O.O=S(=O)([O-])[O-].[Ca+2].[Ca+2].[Cl-]. The summed E-state index contributed by atoms with van der Waals surface area (Å²) >= 11 is 0. The van der Waals surface area contributed by atoms with Crippen LogP contribution in [-0.2, 0) is 24.8 Å². The van der Waals surface area contributed by atoms with Gasteiger partial charge in [-0.15, -0.1) is 0 Å². The molecule has 11 nitrogen and oxygen atoms in total. The average molecular weight is 403 g/mol. The molecule has 0 saturated carbocycles. The van der Waals surface area contributed by atoms with Crippen molar-refractivity contribution in [2.24, 2.45) is 0 Å². The molecule has 0 bridgehead atoms. The Balaban J connectivity index is -0.0000000933. The van der Waals surface area contributed by atoms with E-state index < -0.39 is 46.7 Å². The van der Waals surface area contributed by atoms with E-state index in [1.165, 1.54) is 0 Å². The van der Waals surface area contributed by atoms with Gasteiger partial charge < -0.3 is 46.7 Å². The Labute approximate surface area is 184 Å². The second-order valence-corrected chi connectivity index (χ2v) is 3.68. The van der Waals surface area contributed by atoms with Gasteiger partial charge in [-0.25, -0.2) is 4.79 Å². The zero-order valence-corrected chi connectivity index (χ0v) is 16.2. The van der Waals surface area contributed by atoms with Gasteiger partial charge in [0.05, 0.1) is 6.42 Å². The first-order valence-electron chi connectivity index (χ1n) is 3.82. The van der Waals surface area contributed by atoms with Crippen molar-refractivity contribution < 1.29 is 64.7 Å². The fourth-order valence-electron chi connectivity index (χ4n) is 0.703. The van der Waals surface area contributed by atoms with Crippen LogP contribution in [0.15, 0.2) is 0 Å². The molecule has 1 unspecified atom stereocenters. The summed E-state index contributed by atoms with van der Waals surface area (Å²) in [5.74, 6) is -5.34. The minimum atomic E-state index is -5.17. The molecule has 1 atom stereocenters. The van der Waals surface area contributed by atoms with Gasteiger partial charge >= 0.3 is 87.4 Å². The van der Waals surface area contributed by atoms with Gasteiger partial charge in [0.1, 0.15) is 0 Å². The molecule has 0 aliphatic heterocycles. The van der Waals surface area contributed by atoms with E-state index in [4.69, 9.17) is 32.8 Å². The van der Waals surface area contributed by atoms with Crippen molar-refractivity contribution in [2.75, 3.05) is 0 Å². The van der Waals surface area contributed by atoms with Crippen molar-refractivity contribution in [1.82, 2.24) is 0 Å². The third-order valence-corrected chi connectivity index (χ3v) is 1.28. The Kier molecular flexibility index (Phi) is 23.4. The van der Waals surface area contributed by atoms with E-state index in [1.54, 1.807) is 0 Å². The first-order valence-corrected chi connectivity index (χ1v) is 5.15. The fraction of sp³-hybridized carbons (Fsp3) is 0.500.